The second-order valence-corrected chi connectivity index (χ2v) is 7.70. The average molecular weight is 471 g/mol. The third-order valence-corrected chi connectivity index (χ3v) is 5.51. The quantitative estimate of drug-likeness (QED) is 0.408. The summed E-state index contributed by atoms with van der Waals surface area (Å²) >= 11 is 0. The molecule has 178 valence electrons. The lowest BCUT2D eigenvalue weighted by atomic mass is 10.1. The molecule has 0 aliphatic rings. The molecule has 0 unspecified atom stereocenters. The van der Waals surface area contributed by atoms with E-state index in [-0.39, 0.29) is 18.4 Å². The zero-order valence-corrected chi connectivity index (χ0v) is 19.7. The Labute approximate surface area is 203 Å². The summed E-state index contributed by atoms with van der Waals surface area (Å²) in [6.45, 7) is 0.256. The van der Waals surface area contributed by atoms with Gasteiger partial charge in [0.1, 0.15) is 5.69 Å². The van der Waals surface area contributed by atoms with E-state index < -0.39 is 0 Å². The number of carbonyl (C=O) groups is 2. The van der Waals surface area contributed by atoms with Crippen molar-refractivity contribution in [3.63, 3.8) is 0 Å². The molecule has 4 aromatic rings. The summed E-state index contributed by atoms with van der Waals surface area (Å²) in [6, 6.07) is 22.1. The molecule has 0 atom stereocenters. The summed E-state index contributed by atoms with van der Waals surface area (Å²) in [6.07, 6.45) is 1.71. The maximum Gasteiger partial charge on any atom is 0.255 e. The highest BCUT2D eigenvalue weighted by Crippen LogP contribution is 2.33. The molecule has 8 heteroatoms. The summed E-state index contributed by atoms with van der Waals surface area (Å²) in [4.78, 5) is 25.2. The molecule has 0 radical (unpaired) electrons. The van der Waals surface area contributed by atoms with E-state index in [2.05, 4.69) is 10.6 Å². The highest BCUT2D eigenvalue weighted by atomic mass is 16.5. The smallest absolute Gasteiger partial charge is 0.255 e. The predicted octanol–water partition coefficient (Wildman–Crippen LogP) is 3.85. The van der Waals surface area contributed by atoms with Gasteiger partial charge < -0.3 is 20.1 Å². The van der Waals surface area contributed by atoms with Crippen LogP contribution in [0.2, 0.25) is 0 Å². The van der Waals surface area contributed by atoms with Gasteiger partial charge >= 0.3 is 0 Å². The summed E-state index contributed by atoms with van der Waals surface area (Å²) in [7, 11) is 4.71. The maximum absolute atomic E-state index is 13.3. The number of para-hydroxylation sites is 1. The fraction of sp³-hybridized carbons (Fsp3) is 0.148. The minimum Gasteiger partial charge on any atom is -0.493 e. The van der Waals surface area contributed by atoms with E-state index in [1.165, 1.54) is 0 Å². The Morgan fingerprint density at radius 1 is 0.886 bits per heavy atom. The molecule has 4 rings (SSSR count). The number of amides is 2. The van der Waals surface area contributed by atoms with Gasteiger partial charge in [-0.1, -0.05) is 30.3 Å². The Balaban J connectivity index is 1.67. The molecule has 0 aliphatic carbocycles. The number of hydrogen-bond donors (Lipinski definition) is 2. The van der Waals surface area contributed by atoms with Crippen molar-refractivity contribution in [2.75, 3.05) is 21.3 Å². The van der Waals surface area contributed by atoms with Crippen LogP contribution in [-0.4, -0.2) is 42.9 Å². The largest absolute Gasteiger partial charge is 0.493 e. The first kappa shape index (κ1) is 23.6. The average Bonchev–Trinajstić information content (AvgIpc) is 3.37. The number of methoxy groups -OCH3 is 2. The van der Waals surface area contributed by atoms with Crippen LogP contribution in [0, 0.1) is 0 Å². The summed E-state index contributed by atoms with van der Waals surface area (Å²) in [5.74, 6) is 0.651. The molecule has 2 amide bonds. The summed E-state index contributed by atoms with van der Waals surface area (Å²) in [5, 5.41) is 10.3. The maximum atomic E-state index is 13.3. The normalized spacial score (nSPS) is 10.5. The minimum atomic E-state index is -0.290. The molecule has 0 aliphatic heterocycles. The number of carbonyl (C=O) groups excluding carboxylic acids is 2. The van der Waals surface area contributed by atoms with Crippen molar-refractivity contribution < 1.29 is 19.1 Å². The van der Waals surface area contributed by atoms with Crippen molar-refractivity contribution in [2.24, 2.45) is 0 Å². The molecule has 1 aromatic heterocycles. The molecule has 2 N–H and O–H groups in total. The van der Waals surface area contributed by atoms with Gasteiger partial charge in [0.2, 0.25) is 0 Å². The van der Waals surface area contributed by atoms with Gasteiger partial charge in [-0.3, -0.25) is 9.59 Å². The predicted molar refractivity (Wildman–Crippen MR) is 133 cm³/mol. The van der Waals surface area contributed by atoms with E-state index in [0.29, 0.717) is 33.9 Å². The van der Waals surface area contributed by atoms with Crippen molar-refractivity contribution in [2.45, 2.75) is 6.54 Å². The number of ether oxygens (including phenoxy) is 2. The van der Waals surface area contributed by atoms with Crippen LogP contribution in [0.25, 0.3) is 16.9 Å². The van der Waals surface area contributed by atoms with Crippen molar-refractivity contribution in [1.29, 1.82) is 0 Å². The molecule has 0 saturated heterocycles. The topological polar surface area (TPSA) is 94.5 Å². The van der Waals surface area contributed by atoms with E-state index in [0.717, 1.165) is 11.3 Å². The van der Waals surface area contributed by atoms with Gasteiger partial charge in [-0.05, 0) is 48.0 Å². The zero-order valence-electron chi connectivity index (χ0n) is 19.7. The third-order valence-electron chi connectivity index (χ3n) is 5.51. The van der Waals surface area contributed by atoms with Crippen molar-refractivity contribution in [3.05, 3.63) is 95.7 Å². The molecule has 0 fully saturated rings. The number of aromatic nitrogens is 2. The second kappa shape index (κ2) is 10.6. The third kappa shape index (κ3) is 5.16. The Hall–Kier alpha value is -4.59. The first-order valence-corrected chi connectivity index (χ1v) is 11.0. The second-order valence-electron chi connectivity index (χ2n) is 7.70. The van der Waals surface area contributed by atoms with Crippen LogP contribution in [0.1, 0.15) is 26.3 Å². The first-order valence-electron chi connectivity index (χ1n) is 11.0. The highest BCUT2D eigenvalue weighted by Gasteiger charge is 2.20. The molecule has 1 heterocycles. The fourth-order valence-corrected chi connectivity index (χ4v) is 3.69. The zero-order chi connectivity index (χ0) is 24.8. The lowest BCUT2D eigenvalue weighted by Crippen LogP contribution is -2.23. The summed E-state index contributed by atoms with van der Waals surface area (Å²) in [5.41, 5.74) is 3.79. The minimum absolute atomic E-state index is 0.182. The van der Waals surface area contributed by atoms with Crippen LogP contribution in [0.15, 0.2) is 79.0 Å². The molecule has 0 spiro atoms. The standard InChI is InChI=1S/C27H26N4O4/c1-28-26(32)20-9-7-8-18(14-20)16-29-27(33)22-17-31(21-10-5-4-6-11-21)30-25(22)19-12-13-23(34-2)24(15-19)35-3/h4-15,17H,16H2,1-3H3,(H,28,32)(H,29,33). The number of hydrogen-bond acceptors (Lipinski definition) is 5. The molecule has 0 saturated carbocycles. The number of nitrogens with zero attached hydrogens (tertiary/aromatic N) is 2. The lowest BCUT2D eigenvalue weighted by Gasteiger charge is -2.10. The van der Waals surface area contributed by atoms with Gasteiger partial charge in [-0.25, -0.2) is 4.68 Å². The Bertz CT molecular complexity index is 1350. The van der Waals surface area contributed by atoms with Crippen LogP contribution in [0.3, 0.4) is 0 Å². The molecular weight excluding hydrogens is 444 g/mol. The van der Waals surface area contributed by atoms with Gasteiger partial charge in [0.05, 0.1) is 25.5 Å². The first-order chi connectivity index (χ1) is 17.0. The van der Waals surface area contributed by atoms with Gasteiger partial charge in [-0.2, -0.15) is 5.10 Å². The van der Waals surface area contributed by atoms with Crippen LogP contribution < -0.4 is 20.1 Å². The molecular formula is C27H26N4O4. The molecule has 8 nitrogen and oxygen atoms in total. The monoisotopic (exact) mass is 470 g/mol. The van der Waals surface area contributed by atoms with E-state index in [4.69, 9.17) is 14.6 Å². The number of nitrogens with one attached hydrogen (secondary N) is 2. The van der Waals surface area contributed by atoms with Crippen molar-refractivity contribution in [3.8, 4) is 28.4 Å². The van der Waals surface area contributed by atoms with Crippen LogP contribution in [-0.2, 0) is 6.54 Å². The molecule has 3 aromatic carbocycles. The Morgan fingerprint density at radius 3 is 2.37 bits per heavy atom. The Morgan fingerprint density at radius 2 is 1.66 bits per heavy atom. The van der Waals surface area contributed by atoms with E-state index in [1.807, 2.05) is 42.5 Å². The number of rotatable bonds is 8. The van der Waals surface area contributed by atoms with Gasteiger partial charge in [-0.15, -0.1) is 0 Å². The summed E-state index contributed by atoms with van der Waals surface area (Å²) < 4.78 is 12.5. The molecule has 35 heavy (non-hydrogen) atoms. The van der Waals surface area contributed by atoms with Crippen LogP contribution in [0.5, 0.6) is 11.5 Å². The molecule has 0 bridgehead atoms. The van der Waals surface area contributed by atoms with Crippen LogP contribution >= 0.6 is 0 Å². The number of benzene rings is 3. The fourth-order valence-electron chi connectivity index (χ4n) is 3.69. The van der Waals surface area contributed by atoms with E-state index in [9.17, 15) is 9.59 Å². The van der Waals surface area contributed by atoms with Crippen molar-refractivity contribution in [1.82, 2.24) is 20.4 Å². The van der Waals surface area contributed by atoms with Crippen molar-refractivity contribution >= 4 is 11.8 Å². The van der Waals surface area contributed by atoms with E-state index in [1.54, 1.807) is 62.5 Å². The van der Waals surface area contributed by atoms with Gasteiger partial charge in [0.25, 0.3) is 11.8 Å². The van der Waals surface area contributed by atoms with Gasteiger partial charge in [0, 0.05) is 30.9 Å². The van der Waals surface area contributed by atoms with Crippen LogP contribution in [0.4, 0.5) is 0 Å². The SMILES string of the molecule is CNC(=O)c1cccc(CNC(=O)c2cn(-c3ccccc3)nc2-c2ccc(OC)c(OC)c2)c1. The van der Waals surface area contributed by atoms with E-state index >= 15 is 0 Å². The Kier molecular flexibility index (Phi) is 7.11. The van der Waals surface area contributed by atoms with Gasteiger partial charge in [0.15, 0.2) is 11.5 Å². The lowest BCUT2D eigenvalue weighted by molar-refractivity contribution is 0.0949. The highest BCUT2D eigenvalue weighted by molar-refractivity contribution is 6.00.